The summed E-state index contributed by atoms with van der Waals surface area (Å²) < 4.78 is 5.28. The number of methoxy groups -OCH3 is 1. The van der Waals surface area contributed by atoms with Crippen molar-refractivity contribution in [3.8, 4) is 5.75 Å². The van der Waals surface area contributed by atoms with Gasteiger partial charge in [0, 0.05) is 42.5 Å². The van der Waals surface area contributed by atoms with Gasteiger partial charge in [0.2, 0.25) is 29.5 Å². The van der Waals surface area contributed by atoms with Crippen LogP contribution in [0.2, 0.25) is 5.02 Å². The van der Waals surface area contributed by atoms with Gasteiger partial charge in [-0.3, -0.25) is 33.9 Å². The zero-order valence-electron chi connectivity index (χ0n) is 33.5. The monoisotopic (exact) mass is 817 g/mol. The minimum atomic E-state index is -1.21. The Bertz CT molecular complexity index is 2100. The number of ether oxygens (including phenoxy) is 1. The van der Waals surface area contributed by atoms with Crippen LogP contribution in [0.15, 0.2) is 60.9 Å². The van der Waals surface area contributed by atoms with E-state index in [0.717, 1.165) is 16.5 Å². The molecule has 1 fully saturated rings. The van der Waals surface area contributed by atoms with Crippen molar-refractivity contribution in [2.75, 3.05) is 20.2 Å². The van der Waals surface area contributed by atoms with E-state index in [0.29, 0.717) is 11.3 Å². The molecule has 0 spiro atoms. The average molecular weight is 818 g/mol. The molecule has 310 valence electrons. The van der Waals surface area contributed by atoms with Crippen LogP contribution in [0, 0.1) is 11.8 Å². The van der Waals surface area contributed by atoms with E-state index >= 15 is 0 Å². The van der Waals surface area contributed by atoms with Crippen molar-refractivity contribution < 1.29 is 33.5 Å². The molecule has 2 aromatic carbocycles. The third-order valence-corrected chi connectivity index (χ3v) is 10.3. The minimum absolute atomic E-state index is 0.0292. The predicted octanol–water partition coefficient (Wildman–Crippen LogP) is 2.64. The number of hydrogen-bond acceptors (Lipinski definition) is 8. The molecule has 5 rings (SSSR count). The highest BCUT2D eigenvalue weighted by Gasteiger charge is 2.34. The number of hydrogen-bond donors (Lipinski definition) is 7. The third kappa shape index (κ3) is 11.1. The standard InChI is InChI=1S/C41H52ClN9O7/c1-22(2)15-31-39(55)48-32(16-25-11-13-27(58-6)14-12-25)38(54)45-24(5)37(53)49-34(23(3)4)20-51(41(57)36-29(42)19-44-50-36)21-35(52)46-33(40(56)47-31)17-26-18-43-30-10-8-7-9-28(26)30/h7-14,18-19,22-24,31-34,43H,15-17,20-21H2,1-6H3,(H,44,50)(H,45,54)(H,46,52)(H,47,56)(H,48,55)(H,49,53)/t24-,31+,32+,33-,34-/m1/s1. The maximum atomic E-state index is 14.4. The van der Waals surface area contributed by atoms with E-state index in [1.165, 1.54) is 25.1 Å². The van der Waals surface area contributed by atoms with Gasteiger partial charge in [-0.05, 0) is 54.5 Å². The summed E-state index contributed by atoms with van der Waals surface area (Å²) in [5.74, 6) is -3.52. The Labute approximate surface area is 341 Å². The molecule has 16 nitrogen and oxygen atoms in total. The van der Waals surface area contributed by atoms with Crippen LogP contribution >= 0.6 is 11.6 Å². The van der Waals surface area contributed by atoms with Gasteiger partial charge in [0.05, 0.1) is 24.9 Å². The van der Waals surface area contributed by atoms with Crippen LogP contribution in [0.3, 0.4) is 0 Å². The molecule has 0 unspecified atom stereocenters. The number of halogens is 1. The summed E-state index contributed by atoms with van der Waals surface area (Å²) in [4.78, 5) is 88.6. The number of amides is 6. The number of fused-ring (bicyclic) bond motifs is 1. The molecule has 2 aromatic heterocycles. The quantitative estimate of drug-likeness (QED) is 0.133. The molecule has 1 aliphatic heterocycles. The predicted molar refractivity (Wildman–Crippen MR) is 218 cm³/mol. The fourth-order valence-electron chi connectivity index (χ4n) is 6.74. The largest absolute Gasteiger partial charge is 0.497 e. The zero-order chi connectivity index (χ0) is 42.1. The van der Waals surface area contributed by atoms with Crippen molar-refractivity contribution in [2.45, 2.75) is 84.1 Å². The van der Waals surface area contributed by atoms with Crippen LogP contribution in [0.1, 0.15) is 62.7 Å². The van der Waals surface area contributed by atoms with E-state index in [4.69, 9.17) is 16.3 Å². The summed E-state index contributed by atoms with van der Waals surface area (Å²) >= 11 is 6.29. The highest BCUT2D eigenvalue weighted by molar-refractivity contribution is 6.33. The van der Waals surface area contributed by atoms with Crippen molar-refractivity contribution in [3.63, 3.8) is 0 Å². The summed E-state index contributed by atoms with van der Waals surface area (Å²) in [6, 6.07) is 9.24. The summed E-state index contributed by atoms with van der Waals surface area (Å²) in [7, 11) is 1.54. The lowest BCUT2D eigenvalue weighted by atomic mass is 9.99. The van der Waals surface area contributed by atoms with Crippen LogP contribution in [0.25, 0.3) is 10.9 Å². The molecule has 6 amide bonds. The molecule has 0 saturated carbocycles. The Morgan fingerprint density at radius 3 is 2.16 bits per heavy atom. The maximum absolute atomic E-state index is 14.4. The lowest BCUT2D eigenvalue weighted by Crippen LogP contribution is -2.60. The Hall–Kier alpha value is -5.90. The average Bonchev–Trinajstić information content (AvgIpc) is 3.81. The molecule has 4 aromatic rings. The third-order valence-electron chi connectivity index (χ3n) is 10.1. The van der Waals surface area contributed by atoms with Crippen LogP contribution < -0.4 is 31.3 Å². The Morgan fingerprint density at radius 2 is 1.50 bits per heavy atom. The second-order valence-corrected chi connectivity index (χ2v) is 15.8. The van der Waals surface area contributed by atoms with Crippen LogP contribution in [-0.4, -0.2) is 106 Å². The lowest BCUT2D eigenvalue weighted by molar-refractivity contribution is -0.135. The van der Waals surface area contributed by atoms with E-state index in [1.807, 2.05) is 52.0 Å². The normalized spacial score (nSPS) is 21.8. The van der Waals surface area contributed by atoms with E-state index in [2.05, 4.69) is 41.8 Å². The van der Waals surface area contributed by atoms with Crippen molar-refractivity contribution >= 4 is 57.9 Å². The molecule has 1 saturated heterocycles. The Balaban J connectivity index is 1.55. The van der Waals surface area contributed by atoms with E-state index in [1.54, 1.807) is 30.5 Å². The van der Waals surface area contributed by atoms with E-state index in [9.17, 15) is 28.8 Å². The zero-order valence-corrected chi connectivity index (χ0v) is 34.2. The van der Waals surface area contributed by atoms with Crippen LogP contribution in [-0.2, 0) is 36.8 Å². The molecule has 5 atom stereocenters. The number of aromatic amines is 2. The number of carbonyl (C=O) groups excluding carboxylic acids is 6. The Kier molecular flexibility index (Phi) is 14.5. The molecular weight excluding hydrogens is 766 g/mol. The van der Waals surface area contributed by atoms with Gasteiger partial charge in [-0.15, -0.1) is 0 Å². The van der Waals surface area contributed by atoms with Crippen LogP contribution in [0.5, 0.6) is 5.75 Å². The summed E-state index contributed by atoms with van der Waals surface area (Å²) in [5, 5.41) is 21.4. The molecule has 0 aliphatic carbocycles. The van der Waals surface area contributed by atoms with Gasteiger partial charge in [0.15, 0.2) is 0 Å². The Morgan fingerprint density at radius 1 is 0.845 bits per heavy atom. The van der Waals surface area contributed by atoms with Crippen molar-refractivity contribution in [1.82, 2.24) is 46.7 Å². The minimum Gasteiger partial charge on any atom is -0.497 e. The van der Waals surface area contributed by atoms with E-state index in [-0.39, 0.29) is 48.4 Å². The molecule has 1 aliphatic rings. The second-order valence-electron chi connectivity index (χ2n) is 15.4. The van der Waals surface area contributed by atoms with Crippen molar-refractivity contribution in [2.24, 2.45) is 11.8 Å². The number of nitrogens with zero attached hydrogens (tertiary/aromatic N) is 2. The number of nitrogens with one attached hydrogen (secondary N) is 7. The molecule has 0 radical (unpaired) electrons. The highest BCUT2D eigenvalue weighted by Crippen LogP contribution is 2.21. The number of para-hydroxylation sites is 1. The number of benzene rings is 2. The van der Waals surface area contributed by atoms with Gasteiger partial charge in [-0.2, -0.15) is 5.10 Å². The first-order valence-corrected chi connectivity index (χ1v) is 19.7. The first-order valence-electron chi connectivity index (χ1n) is 19.3. The maximum Gasteiger partial charge on any atom is 0.273 e. The number of aromatic nitrogens is 3. The van der Waals surface area contributed by atoms with E-state index < -0.39 is 72.2 Å². The molecule has 17 heteroatoms. The first-order chi connectivity index (χ1) is 27.6. The summed E-state index contributed by atoms with van der Waals surface area (Å²) in [6.45, 7) is 8.28. The van der Waals surface area contributed by atoms with Crippen molar-refractivity contribution in [3.05, 3.63) is 82.8 Å². The summed E-state index contributed by atoms with van der Waals surface area (Å²) in [6.07, 6.45) is 3.30. The SMILES string of the molecule is COc1ccc(C[C@@H]2NC(=O)[C@H](CC(C)C)NC(=O)[C@@H](Cc3c[nH]c4ccccc34)NC(=O)CN(C(=O)c3[nH]ncc3Cl)C[C@H](C(C)C)NC(=O)[C@@H](C)NC2=O)cc1. The number of rotatable bonds is 9. The highest BCUT2D eigenvalue weighted by atomic mass is 35.5. The number of H-pyrrole nitrogens is 2. The lowest BCUT2D eigenvalue weighted by Gasteiger charge is -2.32. The van der Waals surface area contributed by atoms with Gasteiger partial charge in [0.1, 0.15) is 35.6 Å². The smallest absolute Gasteiger partial charge is 0.273 e. The first kappa shape index (κ1) is 43.2. The van der Waals surface area contributed by atoms with Gasteiger partial charge in [-0.1, -0.05) is 69.6 Å². The fraction of sp³-hybridized carbons (Fsp3) is 0.439. The van der Waals surface area contributed by atoms with Gasteiger partial charge in [0.25, 0.3) is 5.91 Å². The van der Waals surface area contributed by atoms with Crippen molar-refractivity contribution in [1.29, 1.82) is 0 Å². The number of carbonyl (C=O) groups is 6. The van der Waals surface area contributed by atoms with Gasteiger partial charge < -0.3 is 41.2 Å². The van der Waals surface area contributed by atoms with Gasteiger partial charge >= 0.3 is 0 Å². The molecule has 58 heavy (non-hydrogen) atoms. The molecule has 7 N–H and O–H groups in total. The molecule has 3 heterocycles. The molecule has 0 bridgehead atoms. The molecular formula is C41H52ClN9O7. The summed E-state index contributed by atoms with van der Waals surface area (Å²) in [5.41, 5.74) is 2.19. The second kappa shape index (κ2) is 19.5. The van der Waals surface area contributed by atoms with Gasteiger partial charge in [-0.25, -0.2) is 0 Å². The fourth-order valence-corrected chi connectivity index (χ4v) is 6.92. The van der Waals surface area contributed by atoms with Crippen LogP contribution in [0.4, 0.5) is 0 Å². The topological polar surface area (TPSA) is 220 Å².